The van der Waals surface area contributed by atoms with Crippen LogP contribution in [-0.4, -0.2) is 34.4 Å². The number of anilines is 2. The molecule has 4 heterocycles. The van der Waals surface area contributed by atoms with E-state index in [0.717, 1.165) is 12.1 Å². The molecule has 3 aromatic rings. The van der Waals surface area contributed by atoms with Crippen molar-refractivity contribution in [3.8, 4) is 0 Å². The third-order valence-electron chi connectivity index (χ3n) is 4.99. The Labute approximate surface area is 170 Å². The molecule has 0 unspecified atom stereocenters. The van der Waals surface area contributed by atoms with E-state index >= 15 is 0 Å². The van der Waals surface area contributed by atoms with Crippen LogP contribution in [0.4, 0.5) is 11.6 Å². The SMILES string of the molecule is Cc1cccc(Nc2cccc([C@@H]3CCCN3S(=O)(=O)c3c(C)noc3C)n2)n1. The lowest BCUT2D eigenvalue weighted by atomic mass is 10.1. The van der Waals surface area contributed by atoms with Crippen LogP contribution in [0.3, 0.4) is 0 Å². The molecule has 9 heteroatoms. The Bertz CT molecular complexity index is 1120. The number of aryl methyl sites for hydroxylation is 3. The van der Waals surface area contributed by atoms with Gasteiger partial charge in [0.1, 0.15) is 22.2 Å². The molecular weight excluding hydrogens is 390 g/mol. The quantitative estimate of drug-likeness (QED) is 0.681. The molecule has 4 rings (SSSR count). The highest BCUT2D eigenvalue weighted by molar-refractivity contribution is 7.89. The first-order chi connectivity index (χ1) is 13.9. The summed E-state index contributed by atoms with van der Waals surface area (Å²) >= 11 is 0. The van der Waals surface area contributed by atoms with Gasteiger partial charge in [-0.2, -0.15) is 4.31 Å². The Morgan fingerprint density at radius 3 is 2.48 bits per heavy atom. The first kappa shape index (κ1) is 19.5. The van der Waals surface area contributed by atoms with Gasteiger partial charge >= 0.3 is 0 Å². The second kappa shape index (κ2) is 7.57. The van der Waals surface area contributed by atoms with Crippen molar-refractivity contribution in [2.45, 2.75) is 44.6 Å². The standard InChI is InChI=1S/C20H23N5O3S/c1-13-7-4-10-18(21-13)23-19-11-5-8-16(22-19)17-9-6-12-25(17)29(26,27)20-14(2)24-28-15(20)3/h4-5,7-8,10-11,17H,6,9,12H2,1-3H3,(H,21,22,23)/t17-/m0/s1. The average Bonchev–Trinajstić information content (AvgIpc) is 3.29. The van der Waals surface area contributed by atoms with E-state index in [-0.39, 0.29) is 10.9 Å². The Hall–Kier alpha value is -2.78. The van der Waals surface area contributed by atoms with Gasteiger partial charge < -0.3 is 9.84 Å². The van der Waals surface area contributed by atoms with Gasteiger partial charge in [-0.1, -0.05) is 17.3 Å². The van der Waals surface area contributed by atoms with Gasteiger partial charge in [-0.15, -0.1) is 0 Å². The highest BCUT2D eigenvalue weighted by Crippen LogP contribution is 2.37. The predicted molar refractivity (Wildman–Crippen MR) is 108 cm³/mol. The summed E-state index contributed by atoms with van der Waals surface area (Å²) in [6, 6.07) is 11.0. The summed E-state index contributed by atoms with van der Waals surface area (Å²) in [6.07, 6.45) is 1.48. The minimum absolute atomic E-state index is 0.155. The lowest BCUT2D eigenvalue weighted by Gasteiger charge is -2.24. The van der Waals surface area contributed by atoms with Gasteiger partial charge in [-0.25, -0.2) is 18.4 Å². The van der Waals surface area contributed by atoms with Crippen LogP contribution in [0.2, 0.25) is 0 Å². The maximum atomic E-state index is 13.3. The van der Waals surface area contributed by atoms with Gasteiger partial charge in [0.05, 0.1) is 11.7 Å². The first-order valence-corrected chi connectivity index (χ1v) is 10.9. The average molecular weight is 414 g/mol. The molecule has 1 saturated heterocycles. The van der Waals surface area contributed by atoms with Gasteiger partial charge in [-0.3, -0.25) is 0 Å². The second-order valence-electron chi connectivity index (χ2n) is 7.16. The smallest absolute Gasteiger partial charge is 0.249 e. The Balaban J connectivity index is 1.64. The maximum Gasteiger partial charge on any atom is 0.249 e. The van der Waals surface area contributed by atoms with Crippen LogP contribution in [-0.2, 0) is 10.0 Å². The molecule has 0 radical (unpaired) electrons. The van der Waals surface area contributed by atoms with Crippen LogP contribution in [0, 0.1) is 20.8 Å². The summed E-state index contributed by atoms with van der Waals surface area (Å²) in [5.41, 5.74) is 1.98. The molecule has 3 aromatic heterocycles. The van der Waals surface area contributed by atoms with Crippen LogP contribution in [0.5, 0.6) is 0 Å². The molecule has 0 aromatic carbocycles. The third kappa shape index (κ3) is 3.75. The molecule has 1 N–H and O–H groups in total. The zero-order valence-electron chi connectivity index (χ0n) is 16.6. The van der Waals surface area contributed by atoms with E-state index < -0.39 is 10.0 Å². The van der Waals surface area contributed by atoms with E-state index in [4.69, 9.17) is 4.52 Å². The summed E-state index contributed by atoms with van der Waals surface area (Å²) in [4.78, 5) is 9.26. The fourth-order valence-corrected chi connectivity index (χ4v) is 5.70. The molecule has 8 nitrogen and oxygen atoms in total. The number of aromatic nitrogens is 3. The van der Waals surface area contributed by atoms with Crippen molar-refractivity contribution in [1.29, 1.82) is 0 Å². The molecule has 29 heavy (non-hydrogen) atoms. The highest BCUT2D eigenvalue weighted by Gasteiger charge is 2.39. The van der Waals surface area contributed by atoms with Crippen molar-refractivity contribution in [1.82, 2.24) is 19.4 Å². The number of nitrogens with one attached hydrogen (secondary N) is 1. The lowest BCUT2D eigenvalue weighted by molar-refractivity contribution is 0.381. The largest absolute Gasteiger partial charge is 0.360 e. The summed E-state index contributed by atoms with van der Waals surface area (Å²) in [7, 11) is -3.73. The van der Waals surface area contributed by atoms with E-state index in [1.807, 2.05) is 43.3 Å². The zero-order chi connectivity index (χ0) is 20.6. The molecule has 0 amide bonds. The van der Waals surface area contributed by atoms with Crippen LogP contribution < -0.4 is 5.32 Å². The van der Waals surface area contributed by atoms with Gasteiger partial charge in [0, 0.05) is 12.2 Å². The van der Waals surface area contributed by atoms with Crippen molar-refractivity contribution < 1.29 is 12.9 Å². The zero-order valence-corrected chi connectivity index (χ0v) is 17.4. The van der Waals surface area contributed by atoms with Crippen molar-refractivity contribution in [3.63, 3.8) is 0 Å². The molecule has 1 aliphatic heterocycles. The van der Waals surface area contributed by atoms with E-state index in [0.29, 0.717) is 41.7 Å². The normalized spacial score (nSPS) is 17.6. The minimum Gasteiger partial charge on any atom is -0.360 e. The van der Waals surface area contributed by atoms with Crippen molar-refractivity contribution in [2.75, 3.05) is 11.9 Å². The van der Waals surface area contributed by atoms with Gasteiger partial charge in [0.15, 0.2) is 5.76 Å². The molecule has 0 aliphatic carbocycles. The molecule has 1 atom stereocenters. The topological polar surface area (TPSA) is 101 Å². The molecule has 1 aliphatic rings. The second-order valence-corrected chi connectivity index (χ2v) is 8.99. The number of hydrogen-bond donors (Lipinski definition) is 1. The van der Waals surface area contributed by atoms with Crippen LogP contribution in [0.1, 0.15) is 41.7 Å². The predicted octanol–water partition coefficient (Wildman–Crippen LogP) is 3.66. The van der Waals surface area contributed by atoms with E-state index in [1.54, 1.807) is 13.8 Å². The molecule has 0 saturated carbocycles. The van der Waals surface area contributed by atoms with Crippen molar-refractivity contribution in [2.24, 2.45) is 0 Å². The first-order valence-electron chi connectivity index (χ1n) is 9.48. The van der Waals surface area contributed by atoms with Gasteiger partial charge in [0.25, 0.3) is 0 Å². The number of nitrogens with zero attached hydrogens (tertiary/aromatic N) is 4. The summed E-state index contributed by atoms with van der Waals surface area (Å²) in [5.74, 6) is 1.63. The molecule has 0 bridgehead atoms. The number of pyridine rings is 2. The van der Waals surface area contributed by atoms with Crippen LogP contribution in [0.15, 0.2) is 45.8 Å². The highest BCUT2D eigenvalue weighted by atomic mass is 32.2. The Morgan fingerprint density at radius 1 is 1.07 bits per heavy atom. The fraction of sp³-hybridized carbons (Fsp3) is 0.350. The van der Waals surface area contributed by atoms with Crippen LogP contribution >= 0.6 is 0 Å². The monoisotopic (exact) mass is 413 g/mol. The maximum absolute atomic E-state index is 13.3. The van der Waals surface area contributed by atoms with Gasteiger partial charge in [-0.05, 0) is 57.9 Å². The minimum atomic E-state index is -3.73. The number of rotatable bonds is 5. The lowest BCUT2D eigenvalue weighted by Crippen LogP contribution is -2.31. The number of hydrogen-bond acceptors (Lipinski definition) is 7. The Morgan fingerprint density at radius 2 is 1.79 bits per heavy atom. The summed E-state index contributed by atoms with van der Waals surface area (Å²) in [5, 5.41) is 7.00. The van der Waals surface area contributed by atoms with Gasteiger partial charge in [0.2, 0.25) is 10.0 Å². The Kier molecular flexibility index (Phi) is 5.10. The van der Waals surface area contributed by atoms with E-state index in [9.17, 15) is 8.42 Å². The molecule has 152 valence electrons. The van der Waals surface area contributed by atoms with Crippen molar-refractivity contribution in [3.05, 3.63) is 59.2 Å². The molecule has 1 fully saturated rings. The fourth-order valence-electron chi connectivity index (χ4n) is 3.73. The number of sulfonamides is 1. The van der Waals surface area contributed by atoms with E-state index in [2.05, 4.69) is 20.4 Å². The van der Waals surface area contributed by atoms with Crippen LogP contribution in [0.25, 0.3) is 0 Å². The molecular formula is C20H23N5O3S. The molecule has 0 spiro atoms. The van der Waals surface area contributed by atoms with E-state index in [1.165, 1.54) is 4.31 Å². The van der Waals surface area contributed by atoms with Crippen molar-refractivity contribution >= 4 is 21.7 Å². The third-order valence-corrected chi connectivity index (χ3v) is 7.15. The summed E-state index contributed by atoms with van der Waals surface area (Å²) in [6.45, 7) is 5.63. The summed E-state index contributed by atoms with van der Waals surface area (Å²) < 4.78 is 33.2.